The molecule has 0 rings (SSSR count). The number of amides is 1. The Kier molecular flexibility index (Phi) is 5.73. The lowest BCUT2D eigenvalue weighted by atomic mass is 10.4. The summed E-state index contributed by atoms with van der Waals surface area (Å²) in [4.78, 5) is 11.8. The second kappa shape index (κ2) is 6.09. The summed E-state index contributed by atoms with van der Waals surface area (Å²) in [6, 6.07) is 0. The molecule has 0 fully saturated rings. The van der Waals surface area contributed by atoms with E-state index < -0.39 is 12.5 Å². The van der Waals surface area contributed by atoms with Crippen molar-refractivity contribution in [2.24, 2.45) is 0 Å². The van der Waals surface area contributed by atoms with Crippen LogP contribution in [0.2, 0.25) is 0 Å². The first-order valence-corrected chi connectivity index (χ1v) is 3.33. The minimum absolute atomic E-state index is 0.113. The van der Waals surface area contributed by atoms with E-state index in [-0.39, 0.29) is 26.3 Å². The lowest BCUT2D eigenvalue weighted by Gasteiger charge is -2.18. The van der Waals surface area contributed by atoms with E-state index in [0.29, 0.717) is 0 Å². The van der Waals surface area contributed by atoms with Gasteiger partial charge in [0.2, 0.25) is 0 Å². The SMILES string of the molecule is [O]CC(=O)N(CCO)CCO. The summed E-state index contributed by atoms with van der Waals surface area (Å²) in [7, 11) is 0. The highest BCUT2D eigenvalue weighted by atomic mass is 16.3. The van der Waals surface area contributed by atoms with Gasteiger partial charge in [0.05, 0.1) is 13.2 Å². The van der Waals surface area contributed by atoms with Gasteiger partial charge in [-0.1, -0.05) is 0 Å². The van der Waals surface area contributed by atoms with Gasteiger partial charge in [0.15, 0.2) is 6.61 Å². The van der Waals surface area contributed by atoms with E-state index >= 15 is 0 Å². The molecule has 0 aliphatic carbocycles. The van der Waals surface area contributed by atoms with Crippen molar-refractivity contribution in [1.82, 2.24) is 4.90 Å². The van der Waals surface area contributed by atoms with Gasteiger partial charge in [-0.05, 0) is 0 Å². The minimum Gasteiger partial charge on any atom is -0.395 e. The van der Waals surface area contributed by atoms with Gasteiger partial charge in [-0.25, -0.2) is 5.11 Å². The van der Waals surface area contributed by atoms with Gasteiger partial charge in [0, 0.05) is 13.1 Å². The van der Waals surface area contributed by atoms with Gasteiger partial charge < -0.3 is 15.1 Å². The van der Waals surface area contributed by atoms with E-state index in [0.717, 1.165) is 4.90 Å². The van der Waals surface area contributed by atoms with Crippen LogP contribution in [0.4, 0.5) is 0 Å². The van der Waals surface area contributed by atoms with Crippen molar-refractivity contribution < 1.29 is 20.1 Å². The molecule has 65 valence electrons. The van der Waals surface area contributed by atoms with Crippen LogP contribution < -0.4 is 0 Å². The Morgan fingerprint density at radius 2 is 1.64 bits per heavy atom. The van der Waals surface area contributed by atoms with Crippen molar-refractivity contribution in [1.29, 1.82) is 0 Å². The minimum atomic E-state index is -0.833. The van der Waals surface area contributed by atoms with Crippen LogP contribution in [-0.4, -0.2) is 53.9 Å². The molecule has 0 atom stereocenters. The number of hydrogen-bond acceptors (Lipinski definition) is 3. The van der Waals surface area contributed by atoms with Crippen molar-refractivity contribution >= 4 is 5.91 Å². The molecule has 0 aromatic rings. The summed E-state index contributed by atoms with van der Waals surface area (Å²) < 4.78 is 0. The zero-order valence-electron chi connectivity index (χ0n) is 6.19. The van der Waals surface area contributed by atoms with Crippen LogP contribution in [0.25, 0.3) is 0 Å². The Morgan fingerprint density at radius 1 is 1.18 bits per heavy atom. The van der Waals surface area contributed by atoms with Crippen molar-refractivity contribution in [3.05, 3.63) is 0 Å². The zero-order valence-corrected chi connectivity index (χ0v) is 6.19. The average Bonchev–Trinajstić information content (AvgIpc) is 2.03. The van der Waals surface area contributed by atoms with E-state index in [1.54, 1.807) is 0 Å². The van der Waals surface area contributed by atoms with Crippen LogP contribution in [0.5, 0.6) is 0 Å². The van der Waals surface area contributed by atoms with Gasteiger partial charge in [0.1, 0.15) is 0 Å². The van der Waals surface area contributed by atoms with E-state index in [4.69, 9.17) is 10.2 Å². The highest BCUT2D eigenvalue weighted by Crippen LogP contribution is 1.87. The van der Waals surface area contributed by atoms with Gasteiger partial charge in [-0.15, -0.1) is 0 Å². The van der Waals surface area contributed by atoms with Crippen molar-refractivity contribution in [2.45, 2.75) is 0 Å². The Morgan fingerprint density at radius 3 is 1.91 bits per heavy atom. The van der Waals surface area contributed by atoms with Crippen LogP contribution in [0.1, 0.15) is 0 Å². The molecule has 0 aliphatic rings. The highest BCUT2D eigenvalue weighted by molar-refractivity contribution is 5.77. The first kappa shape index (κ1) is 10.3. The summed E-state index contributed by atoms with van der Waals surface area (Å²) in [5, 5.41) is 26.9. The number of nitrogens with zero attached hydrogens (tertiary/aromatic N) is 1. The monoisotopic (exact) mass is 162 g/mol. The van der Waals surface area contributed by atoms with Crippen LogP contribution in [0.3, 0.4) is 0 Å². The Bertz CT molecular complexity index is 111. The smallest absolute Gasteiger partial charge is 0.252 e. The fraction of sp³-hybridized carbons (Fsp3) is 0.833. The Hall–Kier alpha value is -0.650. The molecule has 5 heteroatoms. The number of carbonyl (C=O) groups excluding carboxylic acids is 1. The first-order valence-electron chi connectivity index (χ1n) is 3.33. The fourth-order valence-electron chi connectivity index (χ4n) is 0.694. The predicted molar refractivity (Wildman–Crippen MR) is 36.3 cm³/mol. The van der Waals surface area contributed by atoms with Crippen molar-refractivity contribution in [3.63, 3.8) is 0 Å². The molecule has 0 spiro atoms. The molecule has 5 nitrogen and oxygen atoms in total. The van der Waals surface area contributed by atoms with E-state index in [2.05, 4.69) is 0 Å². The van der Waals surface area contributed by atoms with Gasteiger partial charge in [-0.2, -0.15) is 0 Å². The second-order valence-electron chi connectivity index (χ2n) is 1.97. The Labute approximate surface area is 64.9 Å². The molecule has 0 unspecified atom stereocenters. The van der Waals surface area contributed by atoms with Gasteiger partial charge in [0.25, 0.3) is 5.91 Å². The molecular formula is C6H12NO4. The van der Waals surface area contributed by atoms with E-state index in [1.807, 2.05) is 0 Å². The molecular weight excluding hydrogens is 150 g/mol. The highest BCUT2D eigenvalue weighted by Gasteiger charge is 2.10. The number of carbonyl (C=O) groups is 1. The molecule has 2 N–H and O–H groups in total. The maximum atomic E-state index is 10.7. The Balaban J connectivity index is 3.76. The molecule has 1 radical (unpaired) electrons. The molecule has 0 saturated carbocycles. The third kappa shape index (κ3) is 3.92. The third-order valence-corrected chi connectivity index (χ3v) is 1.22. The number of hydrogen-bond donors (Lipinski definition) is 2. The first-order chi connectivity index (χ1) is 5.26. The molecule has 11 heavy (non-hydrogen) atoms. The summed E-state index contributed by atoms with van der Waals surface area (Å²) in [5.74, 6) is -0.590. The van der Waals surface area contributed by atoms with Crippen LogP contribution >= 0.6 is 0 Å². The largest absolute Gasteiger partial charge is 0.395 e. The lowest BCUT2D eigenvalue weighted by molar-refractivity contribution is -0.137. The lowest BCUT2D eigenvalue weighted by Crippen LogP contribution is -2.37. The van der Waals surface area contributed by atoms with E-state index in [1.165, 1.54) is 0 Å². The topological polar surface area (TPSA) is 80.7 Å². The summed E-state index contributed by atoms with van der Waals surface area (Å²) >= 11 is 0. The molecule has 0 aliphatic heterocycles. The summed E-state index contributed by atoms with van der Waals surface area (Å²) in [6.07, 6.45) is 0. The number of aliphatic hydroxyl groups is 2. The normalized spacial score (nSPS) is 9.73. The molecule has 0 saturated heterocycles. The quantitative estimate of drug-likeness (QED) is 0.502. The summed E-state index contributed by atoms with van der Waals surface area (Å²) in [5.41, 5.74) is 0. The third-order valence-electron chi connectivity index (χ3n) is 1.22. The van der Waals surface area contributed by atoms with Gasteiger partial charge >= 0.3 is 0 Å². The molecule has 0 heterocycles. The van der Waals surface area contributed by atoms with Crippen LogP contribution in [0.15, 0.2) is 0 Å². The van der Waals surface area contributed by atoms with Crippen molar-refractivity contribution in [3.8, 4) is 0 Å². The van der Waals surface area contributed by atoms with E-state index in [9.17, 15) is 9.90 Å². The van der Waals surface area contributed by atoms with Crippen LogP contribution in [0, 0.1) is 0 Å². The number of aliphatic hydroxyl groups excluding tert-OH is 2. The molecule has 0 aromatic carbocycles. The second-order valence-corrected chi connectivity index (χ2v) is 1.97. The maximum Gasteiger partial charge on any atom is 0.252 e. The predicted octanol–water partition coefficient (Wildman–Crippen LogP) is -1.77. The molecule has 0 bridgehead atoms. The zero-order chi connectivity index (χ0) is 8.69. The molecule has 0 aromatic heterocycles. The summed E-state index contributed by atoms with van der Waals surface area (Å²) in [6.45, 7) is -0.985. The average molecular weight is 162 g/mol. The fourth-order valence-corrected chi connectivity index (χ4v) is 0.694. The molecule has 1 amide bonds. The maximum absolute atomic E-state index is 10.7. The standard InChI is InChI=1S/C6H12NO4/c8-3-1-7(2-4-9)6(11)5-10/h8-9H,1-5H2. The van der Waals surface area contributed by atoms with Gasteiger partial charge in [-0.3, -0.25) is 4.79 Å². The van der Waals surface area contributed by atoms with Crippen LogP contribution in [-0.2, 0) is 9.90 Å². The number of rotatable bonds is 5. The van der Waals surface area contributed by atoms with Crippen molar-refractivity contribution in [2.75, 3.05) is 32.9 Å².